The van der Waals surface area contributed by atoms with E-state index in [-0.39, 0.29) is 17.7 Å². The van der Waals surface area contributed by atoms with E-state index >= 15 is 0 Å². The van der Waals surface area contributed by atoms with Crippen molar-refractivity contribution in [1.82, 2.24) is 10.2 Å². The van der Waals surface area contributed by atoms with Crippen molar-refractivity contribution < 1.29 is 9.53 Å². The summed E-state index contributed by atoms with van der Waals surface area (Å²) in [4.78, 5) is 13.8. The number of nitrogens with one attached hydrogen (secondary N) is 1. The summed E-state index contributed by atoms with van der Waals surface area (Å²) in [5, 5.41) is 2.86. The predicted octanol–water partition coefficient (Wildman–Crippen LogP) is 2.15. The van der Waals surface area contributed by atoms with Gasteiger partial charge in [-0.25, -0.2) is 4.79 Å². The molecular formula is C15H20N2O2. The lowest BCUT2D eigenvalue weighted by Crippen LogP contribution is -2.50. The van der Waals surface area contributed by atoms with Gasteiger partial charge in [0.2, 0.25) is 0 Å². The molecule has 4 nitrogen and oxygen atoms in total. The summed E-state index contributed by atoms with van der Waals surface area (Å²) in [7, 11) is 0. The SMILES string of the molecule is CC1NC(=O)OC12CCN(Cc1ccccc1)CC2. The van der Waals surface area contributed by atoms with Crippen molar-refractivity contribution in [3.8, 4) is 0 Å². The first-order chi connectivity index (χ1) is 9.18. The van der Waals surface area contributed by atoms with E-state index in [0.29, 0.717) is 0 Å². The highest BCUT2D eigenvalue weighted by Gasteiger charge is 2.48. The lowest BCUT2D eigenvalue weighted by atomic mass is 9.85. The molecule has 1 aromatic carbocycles. The number of ether oxygens (including phenoxy) is 1. The Labute approximate surface area is 113 Å². The maximum Gasteiger partial charge on any atom is 0.408 e. The first kappa shape index (κ1) is 12.5. The molecule has 0 aliphatic carbocycles. The number of carbonyl (C=O) groups is 1. The van der Waals surface area contributed by atoms with Gasteiger partial charge in [-0.15, -0.1) is 0 Å². The summed E-state index contributed by atoms with van der Waals surface area (Å²) in [6.45, 7) is 4.98. The summed E-state index contributed by atoms with van der Waals surface area (Å²) >= 11 is 0. The van der Waals surface area contributed by atoms with Gasteiger partial charge in [0.05, 0.1) is 6.04 Å². The first-order valence-corrected chi connectivity index (χ1v) is 6.94. The minimum atomic E-state index is -0.274. The van der Waals surface area contributed by atoms with E-state index in [1.54, 1.807) is 0 Å². The van der Waals surface area contributed by atoms with Crippen LogP contribution in [0.5, 0.6) is 0 Å². The van der Waals surface area contributed by atoms with Gasteiger partial charge in [0, 0.05) is 32.5 Å². The molecule has 19 heavy (non-hydrogen) atoms. The van der Waals surface area contributed by atoms with Crippen LogP contribution < -0.4 is 5.32 Å². The summed E-state index contributed by atoms with van der Waals surface area (Å²) in [5.74, 6) is 0. The Hall–Kier alpha value is -1.55. The van der Waals surface area contributed by atoms with Crippen molar-refractivity contribution in [3.63, 3.8) is 0 Å². The van der Waals surface area contributed by atoms with E-state index in [1.807, 2.05) is 13.0 Å². The molecule has 0 bridgehead atoms. The van der Waals surface area contributed by atoms with Gasteiger partial charge in [-0.1, -0.05) is 30.3 Å². The van der Waals surface area contributed by atoms with Crippen molar-refractivity contribution in [1.29, 1.82) is 0 Å². The minimum absolute atomic E-state index is 0.124. The number of hydrogen-bond acceptors (Lipinski definition) is 3. The summed E-state index contributed by atoms with van der Waals surface area (Å²) < 4.78 is 5.52. The van der Waals surface area contributed by atoms with Gasteiger partial charge in [0.15, 0.2) is 0 Å². The van der Waals surface area contributed by atoms with Gasteiger partial charge >= 0.3 is 6.09 Å². The molecule has 2 aliphatic rings. The molecule has 1 unspecified atom stereocenters. The Morgan fingerprint density at radius 2 is 2.00 bits per heavy atom. The second kappa shape index (κ2) is 4.85. The smallest absolute Gasteiger partial charge is 0.408 e. The number of benzene rings is 1. The highest BCUT2D eigenvalue weighted by Crippen LogP contribution is 2.34. The van der Waals surface area contributed by atoms with Gasteiger partial charge < -0.3 is 10.1 Å². The number of alkyl carbamates (subject to hydrolysis) is 1. The average molecular weight is 260 g/mol. The Morgan fingerprint density at radius 1 is 1.32 bits per heavy atom. The van der Waals surface area contributed by atoms with E-state index in [9.17, 15) is 4.79 Å². The summed E-state index contributed by atoms with van der Waals surface area (Å²) in [5.41, 5.74) is 1.07. The van der Waals surface area contributed by atoms with Crippen LogP contribution in [0.1, 0.15) is 25.3 Å². The van der Waals surface area contributed by atoms with Crippen LogP contribution in [0.3, 0.4) is 0 Å². The molecule has 1 spiro atoms. The second-order valence-electron chi connectivity index (χ2n) is 5.58. The standard InChI is InChI=1S/C15H20N2O2/c1-12-15(19-14(18)16-12)7-9-17(10-8-15)11-13-5-3-2-4-6-13/h2-6,12H,7-11H2,1H3,(H,16,18). The minimum Gasteiger partial charge on any atom is -0.441 e. The molecule has 1 atom stereocenters. The van der Waals surface area contributed by atoms with E-state index in [2.05, 4.69) is 34.5 Å². The topological polar surface area (TPSA) is 41.6 Å². The third-order valence-electron chi connectivity index (χ3n) is 4.37. The molecule has 0 saturated carbocycles. The molecule has 0 radical (unpaired) electrons. The quantitative estimate of drug-likeness (QED) is 0.886. The largest absolute Gasteiger partial charge is 0.441 e. The van der Waals surface area contributed by atoms with E-state index in [1.165, 1.54) is 5.56 Å². The number of hydrogen-bond donors (Lipinski definition) is 1. The zero-order valence-corrected chi connectivity index (χ0v) is 11.3. The fourth-order valence-electron chi connectivity index (χ4n) is 3.08. The predicted molar refractivity (Wildman–Crippen MR) is 72.8 cm³/mol. The van der Waals surface area contributed by atoms with Crippen LogP contribution in [0.15, 0.2) is 30.3 Å². The molecule has 2 heterocycles. The van der Waals surface area contributed by atoms with Crippen molar-refractivity contribution in [2.24, 2.45) is 0 Å². The highest BCUT2D eigenvalue weighted by molar-refractivity contribution is 5.71. The van der Waals surface area contributed by atoms with Crippen LogP contribution in [0.2, 0.25) is 0 Å². The molecule has 102 valence electrons. The number of nitrogens with zero attached hydrogens (tertiary/aromatic N) is 1. The highest BCUT2D eigenvalue weighted by atomic mass is 16.6. The van der Waals surface area contributed by atoms with E-state index < -0.39 is 0 Å². The lowest BCUT2D eigenvalue weighted by Gasteiger charge is -2.39. The fraction of sp³-hybridized carbons (Fsp3) is 0.533. The molecule has 2 saturated heterocycles. The Balaban J connectivity index is 1.59. The lowest BCUT2D eigenvalue weighted by molar-refractivity contribution is -0.0171. The summed E-state index contributed by atoms with van der Waals surface area (Å²) in [6.07, 6.45) is 1.57. The normalized spacial score (nSPS) is 26.2. The van der Waals surface area contributed by atoms with Crippen LogP contribution in [0.4, 0.5) is 4.79 Å². The van der Waals surface area contributed by atoms with Crippen molar-refractivity contribution in [3.05, 3.63) is 35.9 Å². The third kappa shape index (κ3) is 2.45. The number of likely N-dealkylation sites (tertiary alicyclic amines) is 1. The van der Waals surface area contributed by atoms with Crippen LogP contribution in [0.25, 0.3) is 0 Å². The Morgan fingerprint density at radius 3 is 2.58 bits per heavy atom. The monoisotopic (exact) mass is 260 g/mol. The summed E-state index contributed by atoms with van der Waals surface area (Å²) in [6, 6.07) is 10.6. The molecule has 1 aromatic rings. The Bertz CT molecular complexity index is 452. The van der Waals surface area contributed by atoms with Crippen LogP contribution in [-0.4, -0.2) is 35.7 Å². The molecular weight excluding hydrogens is 240 g/mol. The molecule has 4 heteroatoms. The van der Waals surface area contributed by atoms with E-state index in [4.69, 9.17) is 4.74 Å². The van der Waals surface area contributed by atoms with Crippen molar-refractivity contribution >= 4 is 6.09 Å². The van der Waals surface area contributed by atoms with Gasteiger partial charge in [0.1, 0.15) is 5.60 Å². The molecule has 3 rings (SSSR count). The van der Waals surface area contributed by atoms with Crippen molar-refractivity contribution in [2.75, 3.05) is 13.1 Å². The third-order valence-corrected chi connectivity index (χ3v) is 4.37. The van der Waals surface area contributed by atoms with Crippen LogP contribution in [0, 0.1) is 0 Å². The van der Waals surface area contributed by atoms with Crippen LogP contribution >= 0.6 is 0 Å². The maximum absolute atomic E-state index is 11.4. The Kier molecular flexibility index (Phi) is 3.19. The van der Waals surface area contributed by atoms with Gasteiger partial charge in [-0.05, 0) is 12.5 Å². The van der Waals surface area contributed by atoms with Gasteiger partial charge in [-0.2, -0.15) is 0 Å². The fourth-order valence-corrected chi connectivity index (χ4v) is 3.08. The van der Waals surface area contributed by atoms with Crippen molar-refractivity contribution in [2.45, 2.75) is 38.0 Å². The number of carbonyl (C=O) groups excluding carboxylic acids is 1. The molecule has 2 fully saturated rings. The zero-order valence-electron chi connectivity index (χ0n) is 11.3. The van der Waals surface area contributed by atoms with E-state index in [0.717, 1.165) is 32.5 Å². The van der Waals surface area contributed by atoms with Crippen LogP contribution in [-0.2, 0) is 11.3 Å². The first-order valence-electron chi connectivity index (χ1n) is 6.94. The number of piperidine rings is 1. The number of amides is 1. The number of rotatable bonds is 2. The van der Waals surface area contributed by atoms with Gasteiger partial charge in [0.25, 0.3) is 0 Å². The zero-order chi connectivity index (χ0) is 13.3. The average Bonchev–Trinajstić information content (AvgIpc) is 2.68. The molecule has 0 aromatic heterocycles. The maximum atomic E-state index is 11.4. The molecule has 2 aliphatic heterocycles. The van der Waals surface area contributed by atoms with Gasteiger partial charge in [-0.3, -0.25) is 4.90 Å². The molecule has 1 amide bonds. The second-order valence-corrected chi connectivity index (χ2v) is 5.58. The molecule has 1 N–H and O–H groups in total.